The lowest BCUT2D eigenvalue weighted by Gasteiger charge is -2.07. The molecule has 1 aromatic carbocycles. The van der Waals surface area contributed by atoms with Crippen molar-refractivity contribution in [1.29, 1.82) is 0 Å². The number of carbonyl (C=O) groups excluding carboxylic acids is 3. The highest BCUT2D eigenvalue weighted by Gasteiger charge is 2.12. The van der Waals surface area contributed by atoms with Gasteiger partial charge in [-0.25, -0.2) is 0 Å². The van der Waals surface area contributed by atoms with Gasteiger partial charge >= 0.3 is 0 Å². The summed E-state index contributed by atoms with van der Waals surface area (Å²) in [6.07, 6.45) is 0. The lowest BCUT2D eigenvalue weighted by Crippen LogP contribution is -2.33. The number of nitrogens with zero attached hydrogens (tertiary/aromatic N) is 2. The normalized spacial score (nSPS) is 10.2. The molecule has 23 heavy (non-hydrogen) atoms. The molecule has 3 amide bonds. The molecule has 8 heteroatoms. The highest BCUT2D eigenvalue weighted by atomic mass is 16.2. The van der Waals surface area contributed by atoms with E-state index >= 15 is 0 Å². The van der Waals surface area contributed by atoms with E-state index in [1.165, 1.54) is 6.07 Å². The number of hydrogen-bond acceptors (Lipinski definition) is 4. The quantitative estimate of drug-likeness (QED) is 0.730. The maximum Gasteiger partial charge on any atom is 0.272 e. The van der Waals surface area contributed by atoms with Crippen molar-refractivity contribution < 1.29 is 14.4 Å². The Balaban J connectivity index is 1.91. The van der Waals surface area contributed by atoms with Crippen molar-refractivity contribution in [2.45, 2.75) is 6.92 Å². The Labute approximate surface area is 132 Å². The minimum absolute atomic E-state index is 0.213. The summed E-state index contributed by atoms with van der Waals surface area (Å²) in [6.45, 7) is 1.61. The molecule has 0 bridgehead atoms. The van der Waals surface area contributed by atoms with Crippen molar-refractivity contribution in [1.82, 2.24) is 15.1 Å². The average Bonchev–Trinajstić information content (AvgIpc) is 2.84. The van der Waals surface area contributed by atoms with Crippen LogP contribution in [-0.2, 0) is 11.8 Å². The van der Waals surface area contributed by atoms with Gasteiger partial charge in [0.1, 0.15) is 5.69 Å². The van der Waals surface area contributed by atoms with Gasteiger partial charge in [0.25, 0.3) is 5.91 Å². The van der Waals surface area contributed by atoms with Gasteiger partial charge in [-0.05, 0) is 31.2 Å². The maximum absolute atomic E-state index is 11.9. The number of aryl methyl sites for hydroxylation is 2. The van der Waals surface area contributed by atoms with Crippen LogP contribution in [0.2, 0.25) is 0 Å². The molecule has 0 unspecified atom stereocenters. The van der Waals surface area contributed by atoms with Gasteiger partial charge in [0.15, 0.2) is 0 Å². The molecule has 0 aliphatic rings. The van der Waals surface area contributed by atoms with Gasteiger partial charge in [0.05, 0.1) is 6.54 Å². The summed E-state index contributed by atoms with van der Waals surface area (Å²) in [5.41, 5.74) is 6.97. The zero-order valence-corrected chi connectivity index (χ0v) is 12.8. The smallest absolute Gasteiger partial charge is 0.272 e. The number of anilines is 1. The monoisotopic (exact) mass is 315 g/mol. The third kappa shape index (κ3) is 4.16. The number of rotatable bonds is 5. The van der Waals surface area contributed by atoms with E-state index in [1.54, 1.807) is 36.0 Å². The first-order valence-electron chi connectivity index (χ1n) is 6.85. The molecule has 0 saturated carbocycles. The number of amides is 3. The lowest BCUT2D eigenvalue weighted by atomic mass is 10.2. The molecule has 0 fully saturated rings. The molecule has 2 rings (SSSR count). The van der Waals surface area contributed by atoms with Gasteiger partial charge in [0.2, 0.25) is 11.8 Å². The molecular weight excluding hydrogens is 298 g/mol. The molecule has 120 valence electrons. The number of nitrogens with two attached hydrogens (primary N) is 1. The summed E-state index contributed by atoms with van der Waals surface area (Å²) in [4.78, 5) is 34.8. The van der Waals surface area contributed by atoms with Crippen molar-refractivity contribution in [3.05, 3.63) is 47.3 Å². The first-order valence-corrected chi connectivity index (χ1v) is 6.85. The van der Waals surface area contributed by atoms with Crippen LogP contribution in [0.4, 0.5) is 5.69 Å². The van der Waals surface area contributed by atoms with E-state index < -0.39 is 17.7 Å². The molecule has 0 spiro atoms. The molecule has 0 aliphatic carbocycles. The Morgan fingerprint density at radius 1 is 1.26 bits per heavy atom. The molecule has 0 atom stereocenters. The Morgan fingerprint density at radius 2 is 2.00 bits per heavy atom. The minimum atomic E-state index is -0.583. The first kappa shape index (κ1) is 16.2. The van der Waals surface area contributed by atoms with Crippen molar-refractivity contribution in [2.75, 3.05) is 11.9 Å². The van der Waals surface area contributed by atoms with E-state index in [2.05, 4.69) is 15.7 Å². The number of aromatic nitrogens is 2. The SMILES string of the molecule is Cc1cc(C(=O)NCC(=O)Nc2cccc(C(N)=O)c2)nn1C. The zero-order chi connectivity index (χ0) is 17.0. The molecule has 1 aromatic heterocycles. The van der Waals surface area contributed by atoms with Gasteiger partial charge in [-0.3, -0.25) is 19.1 Å². The van der Waals surface area contributed by atoms with Crippen LogP contribution < -0.4 is 16.4 Å². The third-order valence-electron chi connectivity index (χ3n) is 3.19. The van der Waals surface area contributed by atoms with Crippen molar-refractivity contribution in [2.24, 2.45) is 12.8 Å². The highest BCUT2D eigenvalue weighted by Crippen LogP contribution is 2.09. The van der Waals surface area contributed by atoms with Crippen LogP contribution >= 0.6 is 0 Å². The fourth-order valence-corrected chi connectivity index (χ4v) is 1.88. The molecule has 0 radical (unpaired) electrons. The Kier molecular flexibility index (Phi) is 4.75. The van der Waals surface area contributed by atoms with E-state index in [1.807, 2.05) is 6.92 Å². The fraction of sp³-hybridized carbons (Fsp3) is 0.200. The van der Waals surface area contributed by atoms with Gasteiger partial charge in [-0.2, -0.15) is 5.10 Å². The third-order valence-corrected chi connectivity index (χ3v) is 3.19. The largest absolute Gasteiger partial charge is 0.366 e. The van der Waals surface area contributed by atoms with Gasteiger partial charge in [-0.15, -0.1) is 0 Å². The lowest BCUT2D eigenvalue weighted by molar-refractivity contribution is -0.115. The topological polar surface area (TPSA) is 119 Å². The molecule has 0 aliphatic heterocycles. The van der Waals surface area contributed by atoms with E-state index in [0.29, 0.717) is 5.69 Å². The van der Waals surface area contributed by atoms with Crippen LogP contribution in [0.3, 0.4) is 0 Å². The van der Waals surface area contributed by atoms with Crippen LogP contribution in [0, 0.1) is 6.92 Å². The number of carbonyl (C=O) groups is 3. The second kappa shape index (κ2) is 6.73. The van der Waals surface area contributed by atoms with Crippen molar-refractivity contribution in [3.8, 4) is 0 Å². The Bertz CT molecular complexity index is 747. The van der Waals surface area contributed by atoms with Gasteiger partial charge in [-0.1, -0.05) is 6.07 Å². The van der Waals surface area contributed by atoms with Crippen molar-refractivity contribution in [3.63, 3.8) is 0 Å². The van der Waals surface area contributed by atoms with E-state index in [4.69, 9.17) is 5.73 Å². The zero-order valence-electron chi connectivity index (χ0n) is 12.8. The summed E-state index contributed by atoms with van der Waals surface area (Å²) in [6, 6.07) is 7.86. The van der Waals surface area contributed by atoms with Crippen LogP contribution in [0.25, 0.3) is 0 Å². The van der Waals surface area contributed by atoms with Gasteiger partial charge in [0, 0.05) is 24.0 Å². The summed E-state index contributed by atoms with van der Waals surface area (Å²) in [5, 5.41) is 9.08. The summed E-state index contributed by atoms with van der Waals surface area (Å²) in [7, 11) is 1.73. The maximum atomic E-state index is 11.9. The predicted molar refractivity (Wildman–Crippen MR) is 83.9 cm³/mol. The summed E-state index contributed by atoms with van der Waals surface area (Å²) in [5.74, 6) is -1.44. The molecule has 4 N–H and O–H groups in total. The number of benzene rings is 1. The summed E-state index contributed by atoms with van der Waals surface area (Å²) >= 11 is 0. The van der Waals surface area contributed by atoms with Crippen LogP contribution in [0.5, 0.6) is 0 Å². The summed E-state index contributed by atoms with van der Waals surface area (Å²) < 4.78 is 1.57. The van der Waals surface area contributed by atoms with Crippen LogP contribution in [0.1, 0.15) is 26.5 Å². The molecule has 0 saturated heterocycles. The van der Waals surface area contributed by atoms with Crippen LogP contribution in [-0.4, -0.2) is 34.0 Å². The average molecular weight is 315 g/mol. The first-order chi connectivity index (χ1) is 10.9. The Hall–Kier alpha value is -3.16. The predicted octanol–water partition coefficient (Wildman–Crippen LogP) is 0.196. The standard InChI is InChI=1S/C15H17N5O3/c1-9-6-12(19-20(9)2)15(23)17-8-13(21)18-11-5-3-4-10(7-11)14(16)22/h3-7H,8H2,1-2H3,(H2,16,22)(H,17,23)(H,18,21). The Morgan fingerprint density at radius 3 is 2.61 bits per heavy atom. The number of hydrogen-bond donors (Lipinski definition) is 3. The molecular formula is C15H17N5O3. The van der Waals surface area contributed by atoms with Crippen LogP contribution in [0.15, 0.2) is 30.3 Å². The highest BCUT2D eigenvalue weighted by molar-refractivity contribution is 5.99. The number of nitrogens with one attached hydrogen (secondary N) is 2. The molecule has 2 aromatic rings. The second-order valence-corrected chi connectivity index (χ2v) is 4.97. The number of primary amides is 1. The van der Waals surface area contributed by atoms with E-state index in [0.717, 1.165) is 5.69 Å². The minimum Gasteiger partial charge on any atom is -0.366 e. The van der Waals surface area contributed by atoms with E-state index in [9.17, 15) is 14.4 Å². The molecule has 1 heterocycles. The fourth-order valence-electron chi connectivity index (χ4n) is 1.88. The second-order valence-electron chi connectivity index (χ2n) is 4.97. The molecule has 8 nitrogen and oxygen atoms in total. The van der Waals surface area contributed by atoms with Crippen molar-refractivity contribution >= 4 is 23.4 Å². The van der Waals surface area contributed by atoms with E-state index in [-0.39, 0.29) is 17.8 Å². The van der Waals surface area contributed by atoms with Gasteiger partial charge < -0.3 is 16.4 Å².